The van der Waals surface area contributed by atoms with Crippen molar-refractivity contribution in [3.8, 4) is 0 Å². The molecule has 1 aliphatic carbocycles. The van der Waals surface area contributed by atoms with Gasteiger partial charge in [0.2, 0.25) is 10.0 Å². The molecule has 0 bridgehead atoms. The molecule has 0 aromatic rings. The summed E-state index contributed by atoms with van der Waals surface area (Å²) in [5.74, 6) is 0.825. The molecule has 0 radical (unpaired) electrons. The summed E-state index contributed by atoms with van der Waals surface area (Å²) in [4.78, 5) is 0. The van der Waals surface area contributed by atoms with Gasteiger partial charge < -0.3 is 5.11 Å². The van der Waals surface area contributed by atoms with Crippen LogP contribution in [-0.4, -0.2) is 42.8 Å². The maximum atomic E-state index is 12.0. The fourth-order valence-electron chi connectivity index (χ4n) is 2.46. The molecule has 5 heteroatoms. The highest BCUT2D eigenvalue weighted by atomic mass is 32.2. The number of sulfonamides is 1. The van der Waals surface area contributed by atoms with E-state index in [0.717, 1.165) is 19.3 Å². The minimum absolute atomic E-state index is 0.121. The second kappa shape index (κ2) is 4.63. The van der Waals surface area contributed by atoms with Crippen LogP contribution in [0.25, 0.3) is 0 Å². The second-order valence-corrected chi connectivity index (χ2v) is 7.24. The number of hydrogen-bond acceptors (Lipinski definition) is 3. The van der Waals surface area contributed by atoms with Crippen molar-refractivity contribution in [1.29, 1.82) is 0 Å². The second-order valence-electron chi connectivity index (χ2n) is 5.22. The predicted molar refractivity (Wildman–Crippen MR) is 62.5 cm³/mol. The highest BCUT2D eigenvalue weighted by Crippen LogP contribution is 2.30. The Balaban J connectivity index is 1.91. The van der Waals surface area contributed by atoms with Crippen molar-refractivity contribution in [2.24, 2.45) is 11.8 Å². The first-order valence-corrected chi connectivity index (χ1v) is 7.76. The molecule has 16 heavy (non-hydrogen) atoms. The predicted octanol–water partition coefficient (Wildman–Crippen LogP) is 0.819. The summed E-state index contributed by atoms with van der Waals surface area (Å²) < 4.78 is 25.7. The Morgan fingerprint density at radius 2 is 2.06 bits per heavy atom. The van der Waals surface area contributed by atoms with Crippen molar-refractivity contribution in [2.75, 3.05) is 18.8 Å². The first kappa shape index (κ1) is 12.3. The maximum Gasteiger partial charge on any atom is 0.214 e. The number of aliphatic hydroxyl groups is 1. The largest absolute Gasteiger partial charge is 0.393 e. The van der Waals surface area contributed by atoms with Crippen LogP contribution < -0.4 is 0 Å². The summed E-state index contributed by atoms with van der Waals surface area (Å²) in [5.41, 5.74) is 0. The molecule has 4 nitrogen and oxygen atoms in total. The van der Waals surface area contributed by atoms with Gasteiger partial charge in [-0.25, -0.2) is 12.7 Å². The van der Waals surface area contributed by atoms with Gasteiger partial charge in [0, 0.05) is 13.1 Å². The van der Waals surface area contributed by atoms with Crippen LogP contribution in [0.15, 0.2) is 0 Å². The fourth-order valence-corrected chi connectivity index (χ4v) is 4.41. The fraction of sp³-hybridized carbons (Fsp3) is 1.00. The van der Waals surface area contributed by atoms with Crippen LogP contribution in [0.4, 0.5) is 0 Å². The SMILES string of the molecule is CC(O)C1CCN(S(=O)(=O)CC2CCC2)C1. The third kappa shape index (κ3) is 2.57. The highest BCUT2D eigenvalue weighted by molar-refractivity contribution is 7.89. The van der Waals surface area contributed by atoms with Crippen LogP contribution in [0.1, 0.15) is 32.6 Å². The minimum atomic E-state index is -3.06. The van der Waals surface area contributed by atoms with E-state index in [0.29, 0.717) is 24.8 Å². The van der Waals surface area contributed by atoms with E-state index in [1.54, 1.807) is 11.2 Å². The van der Waals surface area contributed by atoms with E-state index in [1.807, 2.05) is 0 Å². The lowest BCUT2D eigenvalue weighted by Gasteiger charge is -2.27. The summed E-state index contributed by atoms with van der Waals surface area (Å²) in [7, 11) is -3.06. The summed E-state index contributed by atoms with van der Waals surface area (Å²) in [6, 6.07) is 0. The van der Waals surface area contributed by atoms with Gasteiger partial charge in [-0.05, 0) is 38.0 Å². The van der Waals surface area contributed by atoms with Gasteiger partial charge in [-0.1, -0.05) is 6.42 Å². The third-order valence-electron chi connectivity index (χ3n) is 3.93. The normalized spacial score (nSPS) is 30.2. The van der Waals surface area contributed by atoms with E-state index in [2.05, 4.69) is 0 Å². The van der Waals surface area contributed by atoms with Gasteiger partial charge in [0.15, 0.2) is 0 Å². The summed E-state index contributed by atoms with van der Waals surface area (Å²) in [6.07, 6.45) is 3.70. The molecule has 2 fully saturated rings. The zero-order valence-corrected chi connectivity index (χ0v) is 10.6. The molecular weight excluding hydrogens is 226 g/mol. The molecule has 94 valence electrons. The van der Waals surface area contributed by atoms with Gasteiger partial charge in [0.05, 0.1) is 11.9 Å². The summed E-state index contributed by atoms with van der Waals surface area (Å²) in [6.45, 7) is 2.84. The van der Waals surface area contributed by atoms with Crippen molar-refractivity contribution in [3.05, 3.63) is 0 Å². The van der Waals surface area contributed by atoms with Gasteiger partial charge in [0.1, 0.15) is 0 Å². The van der Waals surface area contributed by atoms with E-state index >= 15 is 0 Å². The van der Waals surface area contributed by atoms with E-state index in [1.165, 1.54) is 6.42 Å². The van der Waals surface area contributed by atoms with Crippen LogP contribution in [-0.2, 0) is 10.0 Å². The van der Waals surface area contributed by atoms with Gasteiger partial charge in [-0.2, -0.15) is 0 Å². The summed E-state index contributed by atoms with van der Waals surface area (Å²) >= 11 is 0. The molecule has 2 unspecified atom stereocenters. The molecule has 1 saturated carbocycles. The van der Waals surface area contributed by atoms with E-state index in [9.17, 15) is 13.5 Å². The number of aliphatic hydroxyl groups excluding tert-OH is 1. The Labute approximate surface area is 97.7 Å². The van der Waals surface area contributed by atoms with Gasteiger partial charge in [-0.15, -0.1) is 0 Å². The maximum absolute atomic E-state index is 12.0. The van der Waals surface area contributed by atoms with Crippen molar-refractivity contribution in [1.82, 2.24) is 4.31 Å². The molecule has 2 atom stereocenters. The van der Waals surface area contributed by atoms with Gasteiger partial charge in [0.25, 0.3) is 0 Å². The summed E-state index contributed by atoms with van der Waals surface area (Å²) in [5, 5.41) is 9.45. The molecule has 1 saturated heterocycles. The zero-order valence-electron chi connectivity index (χ0n) is 9.80. The van der Waals surface area contributed by atoms with Crippen LogP contribution in [0.5, 0.6) is 0 Å². The molecule has 0 aromatic heterocycles. The third-order valence-corrected chi connectivity index (χ3v) is 5.95. The Bertz CT molecular complexity index is 335. The van der Waals surface area contributed by atoms with Gasteiger partial charge in [-0.3, -0.25) is 0 Å². The molecule has 0 amide bonds. The smallest absolute Gasteiger partial charge is 0.214 e. The van der Waals surface area contributed by atoms with Crippen molar-refractivity contribution in [2.45, 2.75) is 38.7 Å². The lowest BCUT2D eigenvalue weighted by atomic mass is 9.87. The van der Waals surface area contributed by atoms with Crippen molar-refractivity contribution < 1.29 is 13.5 Å². The Kier molecular flexibility index (Phi) is 3.56. The Morgan fingerprint density at radius 1 is 1.38 bits per heavy atom. The number of nitrogens with zero attached hydrogens (tertiary/aromatic N) is 1. The van der Waals surface area contributed by atoms with Crippen molar-refractivity contribution in [3.63, 3.8) is 0 Å². The lowest BCUT2D eigenvalue weighted by molar-refractivity contribution is 0.133. The average Bonchev–Trinajstić information content (AvgIpc) is 2.61. The molecule has 0 spiro atoms. The van der Waals surface area contributed by atoms with E-state index < -0.39 is 16.1 Å². The minimum Gasteiger partial charge on any atom is -0.393 e. The molecule has 2 rings (SSSR count). The van der Waals surface area contributed by atoms with Crippen molar-refractivity contribution >= 4 is 10.0 Å². The zero-order chi connectivity index (χ0) is 11.8. The van der Waals surface area contributed by atoms with Crippen LogP contribution in [0.2, 0.25) is 0 Å². The lowest BCUT2D eigenvalue weighted by Crippen LogP contribution is -2.36. The Hall–Kier alpha value is -0.130. The van der Waals surface area contributed by atoms with E-state index in [-0.39, 0.29) is 5.92 Å². The van der Waals surface area contributed by atoms with Gasteiger partial charge >= 0.3 is 0 Å². The van der Waals surface area contributed by atoms with Crippen LogP contribution in [0, 0.1) is 11.8 Å². The molecule has 0 aromatic carbocycles. The monoisotopic (exact) mass is 247 g/mol. The molecule has 1 aliphatic heterocycles. The molecular formula is C11H21NO3S. The average molecular weight is 247 g/mol. The van der Waals surface area contributed by atoms with Crippen LogP contribution in [0.3, 0.4) is 0 Å². The molecule has 2 aliphatic rings. The topological polar surface area (TPSA) is 57.6 Å². The standard InChI is InChI=1S/C11H21NO3S/c1-9(13)11-5-6-12(7-11)16(14,15)8-10-3-2-4-10/h9-11,13H,2-8H2,1H3. The highest BCUT2D eigenvalue weighted by Gasteiger charge is 2.35. The first-order valence-electron chi connectivity index (χ1n) is 6.15. The number of rotatable bonds is 4. The quantitative estimate of drug-likeness (QED) is 0.800. The molecule has 1 N–H and O–H groups in total. The number of hydrogen-bond donors (Lipinski definition) is 1. The first-order chi connectivity index (χ1) is 7.49. The van der Waals surface area contributed by atoms with E-state index in [4.69, 9.17) is 0 Å². The van der Waals surface area contributed by atoms with Crippen LogP contribution >= 0.6 is 0 Å². The Morgan fingerprint density at radius 3 is 2.50 bits per heavy atom. The molecule has 1 heterocycles.